The molecule has 0 aromatic carbocycles. The van der Waals surface area contributed by atoms with Crippen molar-refractivity contribution in [3.8, 4) is 18.2 Å². The average molecular weight is 219 g/mol. The molecule has 0 unspecified atom stereocenters. The average Bonchev–Trinajstić information content (AvgIpc) is 2.33. The van der Waals surface area contributed by atoms with Crippen molar-refractivity contribution >= 4 is 5.95 Å². The summed E-state index contributed by atoms with van der Waals surface area (Å²) in [7, 11) is 0. The molecule has 16 heavy (non-hydrogen) atoms. The molecular formula is C12H17N3O. The first-order chi connectivity index (χ1) is 7.86. The molecule has 0 saturated heterocycles. The summed E-state index contributed by atoms with van der Waals surface area (Å²) in [6.07, 6.45) is 9.49. The van der Waals surface area contributed by atoms with Gasteiger partial charge in [-0.25, -0.2) is 4.98 Å². The van der Waals surface area contributed by atoms with Crippen molar-refractivity contribution in [3.05, 3.63) is 12.3 Å². The van der Waals surface area contributed by atoms with Gasteiger partial charge < -0.3 is 10.1 Å². The zero-order chi connectivity index (χ0) is 11.6. The highest BCUT2D eigenvalue weighted by Crippen LogP contribution is 2.08. The normalized spacial score (nSPS) is 9.50. The Hall–Kier alpha value is -1.76. The predicted octanol–water partition coefficient (Wildman–Crippen LogP) is 2.09. The minimum absolute atomic E-state index is 0.589. The van der Waals surface area contributed by atoms with E-state index in [1.807, 2.05) is 0 Å². The molecule has 0 saturated carbocycles. The molecule has 1 rings (SSSR count). The minimum atomic E-state index is 0.589. The van der Waals surface area contributed by atoms with E-state index in [4.69, 9.17) is 11.2 Å². The summed E-state index contributed by atoms with van der Waals surface area (Å²) in [5.74, 6) is 3.78. The highest BCUT2D eigenvalue weighted by atomic mass is 16.5. The number of rotatable bonds is 7. The summed E-state index contributed by atoms with van der Waals surface area (Å²) >= 11 is 0. The van der Waals surface area contributed by atoms with Crippen LogP contribution >= 0.6 is 0 Å². The predicted molar refractivity (Wildman–Crippen MR) is 64.4 cm³/mol. The summed E-state index contributed by atoms with van der Waals surface area (Å²) in [6, 6.07) is 1.75. The van der Waals surface area contributed by atoms with E-state index in [9.17, 15) is 0 Å². The third-order valence-corrected chi connectivity index (χ3v) is 1.87. The Labute approximate surface area is 96.5 Å². The lowest BCUT2D eigenvalue weighted by molar-refractivity contribution is 0.305. The number of terminal acetylenes is 1. The quantitative estimate of drug-likeness (QED) is 0.563. The lowest BCUT2D eigenvalue weighted by atomic mass is 10.3. The molecule has 0 aliphatic heterocycles. The molecule has 0 radical (unpaired) electrons. The van der Waals surface area contributed by atoms with Crippen molar-refractivity contribution < 1.29 is 4.74 Å². The minimum Gasteiger partial charge on any atom is -0.478 e. The second kappa shape index (κ2) is 7.52. The van der Waals surface area contributed by atoms with E-state index in [2.05, 4.69) is 28.1 Å². The maximum Gasteiger partial charge on any atom is 0.225 e. The Bertz CT molecular complexity index is 346. The zero-order valence-electron chi connectivity index (χ0n) is 9.57. The van der Waals surface area contributed by atoms with Crippen molar-refractivity contribution in [2.75, 3.05) is 18.5 Å². The second-order valence-corrected chi connectivity index (χ2v) is 3.30. The summed E-state index contributed by atoms with van der Waals surface area (Å²) in [4.78, 5) is 8.30. The molecule has 1 heterocycles. The Balaban J connectivity index is 2.38. The van der Waals surface area contributed by atoms with Crippen LogP contribution in [0.3, 0.4) is 0 Å². The van der Waals surface area contributed by atoms with Gasteiger partial charge in [-0.3, -0.25) is 0 Å². The third kappa shape index (κ3) is 4.65. The number of nitrogens with one attached hydrogen (secondary N) is 1. The molecule has 0 fully saturated rings. The molecule has 0 amide bonds. The van der Waals surface area contributed by atoms with Gasteiger partial charge in [0.1, 0.15) is 0 Å². The van der Waals surface area contributed by atoms with Crippen LogP contribution in [0.2, 0.25) is 0 Å². The molecule has 4 heteroatoms. The number of unbranched alkanes of at least 4 members (excludes halogenated alkanes) is 1. The summed E-state index contributed by atoms with van der Waals surface area (Å²) < 4.78 is 5.40. The molecule has 86 valence electrons. The van der Waals surface area contributed by atoms with Gasteiger partial charge in [0.2, 0.25) is 11.8 Å². The van der Waals surface area contributed by atoms with E-state index in [1.54, 1.807) is 12.3 Å². The maximum atomic E-state index is 5.40. The van der Waals surface area contributed by atoms with E-state index in [0.717, 1.165) is 25.8 Å². The van der Waals surface area contributed by atoms with Gasteiger partial charge in [0.25, 0.3) is 0 Å². The molecule has 0 atom stereocenters. The summed E-state index contributed by atoms with van der Waals surface area (Å²) in [5, 5.41) is 3.10. The van der Waals surface area contributed by atoms with Crippen LogP contribution in [0.4, 0.5) is 5.95 Å². The van der Waals surface area contributed by atoms with Crippen molar-refractivity contribution in [3.63, 3.8) is 0 Å². The lowest BCUT2D eigenvalue weighted by Crippen LogP contribution is -2.06. The topological polar surface area (TPSA) is 47.0 Å². The molecule has 4 nitrogen and oxygen atoms in total. The summed E-state index contributed by atoms with van der Waals surface area (Å²) in [5.41, 5.74) is 0. The first-order valence-corrected chi connectivity index (χ1v) is 5.50. The Morgan fingerprint density at radius 2 is 2.44 bits per heavy atom. The monoisotopic (exact) mass is 219 g/mol. The third-order valence-electron chi connectivity index (χ3n) is 1.87. The Kier molecular flexibility index (Phi) is 5.79. The van der Waals surface area contributed by atoms with Gasteiger partial charge >= 0.3 is 0 Å². The second-order valence-electron chi connectivity index (χ2n) is 3.30. The first kappa shape index (κ1) is 12.3. The largest absolute Gasteiger partial charge is 0.478 e. The Morgan fingerprint density at radius 3 is 3.19 bits per heavy atom. The molecule has 1 aromatic rings. The number of ether oxygens (including phenoxy) is 1. The van der Waals surface area contributed by atoms with Crippen molar-refractivity contribution in [2.45, 2.75) is 26.2 Å². The molecule has 0 aliphatic carbocycles. The number of hydrogen-bond donors (Lipinski definition) is 1. The van der Waals surface area contributed by atoms with E-state index in [0.29, 0.717) is 18.4 Å². The highest BCUT2D eigenvalue weighted by Gasteiger charge is 1.98. The van der Waals surface area contributed by atoms with Crippen LogP contribution in [-0.4, -0.2) is 23.1 Å². The van der Waals surface area contributed by atoms with Crippen molar-refractivity contribution in [2.24, 2.45) is 0 Å². The van der Waals surface area contributed by atoms with E-state index < -0.39 is 0 Å². The van der Waals surface area contributed by atoms with Gasteiger partial charge in [0.05, 0.1) is 6.61 Å². The Morgan fingerprint density at radius 1 is 1.56 bits per heavy atom. The highest BCUT2D eigenvalue weighted by molar-refractivity contribution is 5.27. The summed E-state index contributed by atoms with van der Waals surface area (Å²) in [6.45, 7) is 3.51. The molecule has 0 aliphatic rings. The standard InChI is InChI=1S/C12H17N3O/c1-3-5-6-8-13-12-14-9-7-11(15-12)16-10-4-2/h1,7,9H,4-6,8,10H2,2H3,(H,13,14,15). The maximum absolute atomic E-state index is 5.40. The molecule has 1 N–H and O–H groups in total. The number of anilines is 1. The SMILES string of the molecule is C#CCCCNc1nccc(OCCC)n1. The van der Waals surface area contributed by atoms with Gasteiger partial charge in [0, 0.05) is 25.2 Å². The van der Waals surface area contributed by atoms with Crippen LogP contribution in [0.15, 0.2) is 12.3 Å². The molecular weight excluding hydrogens is 202 g/mol. The molecule has 0 bridgehead atoms. The van der Waals surface area contributed by atoms with Crippen LogP contribution in [0.25, 0.3) is 0 Å². The molecule has 0 spiro atoms. The van der Waals surface area contributed by atoms with Crippen LogP contribution < -0.4 is 10.1 Å². The van der Waals surface area contributed by atoms with Crippen molar-refractivity contribution in [1.82, 2.24) is 9.97 Å². The smallest absolute Gasteiger partial charge is 0.225 e. The van der Waals surface area contributed by atoms with Gasteiger partial charge in [0.15, 0.2) is 0 Å². The number of aromatic nitrogens is 2. The van der Waals surface area contributed by atoms with Crippen LogP contribution in [0, 0.1) is 12.3 Å². The number of nitrogens with zero attached hydrogens (tertiary/aromatic N) is 2. The van der Waals surface area contributed by atoms with Gasteiger partial charge in [-0.05, 0) is 12.8 Å². The fourth-order valence-corrected chi connectivity index (χ4v) is 1.10. The zero-order valence-corrected chi connectivity index (χ0v) is 9.57. The van der Waals surface area contributed by atoms with Crippen molar-refractivity contribution in [1.29, 1.82) is 0 Å². The van der Waals surface area contributed by atoms with E-state index in [-0.39, 0.29) is 0 Å². The van der Waals surface area contributed by atoms with Crippen LogP contribution in [0.5, 0.6) is 5.88 Å². The van der Waals surface area contributed by atoms with E-state index >= 15 is 0 Å². The van der Waals surface area contributed by atoms with Gasteiger partial charge in [-0.1, -0.05) is 6.92 Å². The molecule has 1 aromatic heterocycles. The fraction of sp³-hybridized carbons (Fsp3) is 0.500. The first-order valence-electron chi connectivity index (χ1n) is 5.50. The van der Waals surface area contributed by atoms with Gasteiger partial charge in [-0.2, -0.15) is 4.98 Å². The van der Waals surface area contributed by atoms with Gasteiger partial charge in [-0.15, -0.1) is 12.3 Å². The van der Waals surface area contributed by atoms with Crippen LogP contribution in [0.1, 0.15) is 26.2 Å². The number of hydrogen-bond acceptors (Lipinski definition) is 4. The lowest BCUT2D eigenvalue weighted by Gasteiger charge is -2.06. The fourth-order valence-electron chi connectivity index (χ4n) is 1.10. The van der Waals surface area contributed by atoms with Crippen LogP contribution in [-0.2, 0) is 0 Å². The van der Waals surface area contributed by atoms with E-state index in [1.165, 1.54) is 0 Å².